The first-order valence-electron chi connectivity index (χ1n) is 5.16. The number of aromatic nitrogens is 1. The number of ether oxygens (including phenoxy) is 2. The van der Waals surface area contributed by atoms with Crippen LogP contribution in [0.2, 0.25) is 0 Å². The molecule has 1 aromatic rings. The standard InChI is InChI=1S/C11H16INO3/c1-15-6-2-7-16-8-5-13-9-10(12)3-4-11(13)14/h3-4,9H,2,5-8H2,1H3. The Hall–Kier alpha value is -0.400. The van der Waals surface area contributed by atoms with Crippen LogP contribution in [-0.4, -0.2) is 31.5 Å². The summed E-state index contributed by atoms with van der Waals surface area (Å²) in [6.45, 7) is 2.54. The summed E-state index contributed by atoms with van der Waals surface area (Å²) in [6.07, 6.45) is 2.72. The lowest BCUT2D eigenvalue weighted by atomic mass is 10.4. The highest BCUT2D eigenvalue weighted by molar-refractivity contribution is 14.1. The zero-order valence-corrected chi connectivity index (χ0v) is 11.5. The molecule has 0 fully saturated rings. The van der Waals surface area contributed by atoms with Gasteiger partial charge in [-0.05, 0) is 35.1 Å². The topological polar surface area (TPSA) is 40.5 Å². The van der Waals surface area contributed by atoms with E-state index in [0.717, 1.165) is 9.99 Å². The van der Waals surface area contributed by atoms with Crippen molar-refractivity contribution in [3.8, 4) is 0 Å². The SMILES string of the molecule is COCCCOCCn1cc(I)ccc1=O. The average Bonchev–Trinajstić information content (AvgIpc) is 2.28. The summed E-state index contributed by atoms with van der Waals surface area (Å²) in [5.74, 6) is 0. The van der Waals surface area contributed by atoms with Gasteiger partial charge in [-0.2, -0.15) is 0 Å². The molecular formula is C11H16INO3. The normalized spacial score (nSPS) is 10.6. The minimum Gasteiger partial charge on any atom is -0.385 e. The predicted octanol–water partition coefficient (Wildman–Crippen LogP) is 1.51. The van der Waals surface area contributed by atoms with Gasteiger partial charge in [-0.25, -0.2) is 0 Å². The van der Waals surface area contributed by atoms with Crippen molar-refractivity contribution in [2.45, 2.75) is 13.0 Å². The molecule has 0 N–H and O–H groups in total. The molecule has 1 aromatic heterocycles. The Morgan fingerprint density at radius 1 is 1.31 bits per heavy atom. The van der Waals surface area contributed by atoms with Crippen LogP contribution in [-0.2, 0) is 16.0 Å². The fourth-order valence-corrected chi connectivity index (χ4v) is 1.76. The predicted molar refractivity (Wildman–Crippen MR) is 70.7 cm³/mol. The van der Waals surface area contributed by atoms with Crippen LogP contribution in [0, 0.1) is 3.57 Å². The van der Waals surface area contributed by atoms with Crippen molar-refractivity contribution >= 4 is 22.6 Å². The van der Waals surface area contributed by atoms with E-state index in [1.807, 2.05) is 6.20 Å². The van der Waals surface area contributed by atoms with E-state index in [2.05, 4.69) is 22.6 Å². The first kappa shape index (κ1) is 13.7. The maximum atomic E-state index is 11.4. The Labute approximate surface area is 109 Å². The molecule has 5 heteroatoms. The Morgan fingerprint density at radius 2 is 2.12 bits per heavy atom. The van der Waals surface area contributed by atoms with Gasteiger partial charge in [0.05, 0.1) is 6.61 Å². The molecule has 0 aliphatic carbocycles. The molecule has 0 bridgehead atoms. The fraction of sp³-hybridized carbons (Fsp3) is 0.545. The number of hydrogen-bond donors (Lipinski definition) is 0. The van der Waals surface area contributed by atoms with Gasteiger partial charge < -0.3 is 14.0 Å². The Kier molecular flexibility index (Phi) is 6.67. The van der Waals surface area contributed by atoms with Crippen LogP contribution >= 0.6 is 22.6 Å². The van der Waals surface area contributed by atoms with Gasteiger partial charge in [0.25, 0.3) is 5.56 Å². The van der Waals surface area contributed by atoms with Gasteiger partial charge in [0.1, 0.15) is 0 Å². The molecule has 1 heterocycles. The number of methoxy groups -OCH3 is 1. The van der Waals surface area contributed by atoms with Crippen LogP contribution in [0.5, 0.6) is 0 Å². The van der Waals surface area contributed by atoms with Crippen LogP contribution in [0.15, 0.2) is 23.1 Å². The maximum absolute atomic E-state index is 11.4. The van der Waals surface area contributed by atoms with Crippen molar-refractivity contribution in [3.05, 3.63) is 32.3 Å². The van der Waals surface area contributed by atoms with Crippen LogP contribution in [0.3, 0.4) is 0 Å². The van der Waals surface area contributed by atoms with Crippen molar-refractivity contribution in [1.82, 2.24) is 4.57 Å². The molecular weight excluding hydrogens is 321 g/mol. The summed E-state index contributed by atoms with van der Waals surface area (Å²) >= 11 is 2.18. The van der Waals surface area contributed by atoms with Crippen molar-refractivity contribution in [3.63, 3.8) is 0 Å². The first-order valence-corrected chi connectivity index (χ1v) is 6.24. The van der Waals surface area contributed by atoms with Crippen molar-refractivity contribution in [2.24, 2.45) is 0 Å². The summed E-state index contributed by atoms with van der Waals surface area (Å²) in [7, 11) is 1.67. The molecule has 0 aliphatic heterocycles. The smallest absolute Gasteiger partial charge is 0.250 e. The van der Waals surface area contributed by atoms with Crippen molar-refractivity contribution < 1.29 is 9.47 Å². The monoisotopic (exact) mass is 337 g/mol. The molecule has 16 heavy (non-hydrogen) atoms. The highest BCUT2D eigenvalue weighted by Gasteiger charge is 1.96. The third-order valence-electron chi connectivity index (χ3n) is 2.06. The highest BCUT2D eigenvalue weighted by atomic mass is 127. The van der Waals surface area contributed by atoms with E-state index in [1.165, 1.54) is 0 Å². The van der Waals surface area contributed by atoms with Gasteiger partial charge in [0.2, 0.25) is 0 Å². The lowest BCUT2D eigenvalue weighted by Crippen LogP contribution is -2.21. The van der Waals surface area contributed by atoms with Crippen LogP contribution in [0.25, 0.3) is 0 Å². The lowest BCUT2D eigenvalue weighted by Gasteiger charge is -2.06. The highest BCUT2D eigenvalue weighted by Crippen LogP contribution is 1.99. The van der Waals surface area contributed by atoms with Crippen molar-refractivity contribution in [2.75, 3.05) is 26.9 Å². The zero-order chi connectivity index (χ0) is 11.8. The van der Waals surface area contributed by atoms with E-state index in [9.17, 15) is 4.79 Å². The van der Waals surface area contributed by atoms with E-state index >= 15 is 0 Å². The fourth-order valence-electron chi connectivity index (χ4n) is 1.25. The van der Waals surface area contributed by atoms with E-state index in [0.29, 0.717) is 26.4 Å². The molecule has 0 spiro atoms. The number of nitrogens with zero attached hydrogens (tertiary/aromatic N) is 1. The van der Waals surface area contributed by atoms with Gasteiger partial charge >= 0.3 is 0 Å². The van der Waals surface area contributed by atoms with Gasteiger partial charge in [0, 0.05) is 42.7 Å². The number of halogens is 1. The second kappa shape index (κ2) is 7.81. The summed E-state index contributed by atoms with van der Waals surface area (Å²) in [6, 6.07) is 3.38. The first-order chi connectivity index (χ1) is 7.74. The van der Waals surface area contributed by atoms with Crippen LogP contribution in [0.4, 0.5) is 0 Å². The summed E-state index contributed by atoms with van der Waals surface area (Å²) < 4.78 is 13.0. The van der Waals surface area contributed by atoms with E-state index in [-0.39, 0.29) is 5.56 Å². The second-order valence-electron chi connectivity index (χ2n) is 3.34. The molecule has 0 aliphatic rings. The molecule has 0 unspecified atom stereocenters. The molecule has 0 amide bonds. The molecule has 1 rings (SSSR count). The molecule has 4 nitrogen and oxygen atoms in total. The largest absolute Gasteiger partial charge is 0.385 e. The van der Waals surface area contributed by atoms with E-state index in [1.54, 1.807) is 23.8 Å². The minimum atomic E-state index is 0.0147. The number of hydrogen-bond acceptors (Lipinski definition) is 3. The van der Waals surface area contributed by atoms with Crippen LogP contribution in [0.1, 0.15) is 6.42 Å². The van der Waals surface area contributed by atoms with Crippen molar-refractivity contribution in [1.29, 1.82) is 0 Å². The van der Waals surface area contributed by atoms with Gasteiger partial charge in [-0.1, -0.05) is 0 Å². The second-order valence-corrected chi connectivity index (χ2v) is 4.58. The summed E-state index contributed by atoms with van der Waals surface area (Å²) in [5.41, 5.74) is 0.0147. The molecule has 90 valence electrons. The van der Waals surface area contributed by atoms with E-state index in [4.69, 9.17) is 9.47 Å². The average molecular weight is 337 g/mol. The zero-order valence-electron chi connectivity index (χ0n) is 9.32. The maximum Gasteiger partial charge on any atom is 0.250 e. The molecule has 0 saturated heterocycles. The molecule has 0 saturated carbocycles. The minimum absolute atomic E-state index is 0.0147. The molecule has 0 atom stereocenters. The summed E-state index contributed by atoms with van der Waals surface area (Å²) in [5, 5.41) is 0. The van der Waals surface area contributed by atoms with Crippen LogP contribution < -0.4 is 5.56 Å². The number of pyridine rings is 1. The third kappa shape index (κ3) is 5.09. The molecule has 0 aromatic carbocycles. The van der Waals surface area contributed by atoms with E-state index < -0.39 is 0 Å². The third-order valence-corrected chi connectivity index (χ3v) is 2.70. The molecule has 0 radical (unpaired) electrons. The summed E-state index contributed by atoms with van der Waals surface area (Å²) in [4.78, 5) is 11.4. The Balaban J connectivity index is 2.26. The van der Waals surface area contributed by atoms with Gasteiger partial charge in [0.15, 0.2) is 0 Å². The Morgan fingerprint density at radius 3 is 2.88 bits per heavy atom. The lowest BCUT2D eigenvalue weighted by molar-refractivity contribution is 0.0972. The Bertz CT molecular complexity index is 364. The van der Waals surface area contributed by atoms with Gasteiger partial charge in [-0.15, -0.1) is 0 Å². The quantitative estimate of drug-likeness (QED) is 0.559. The number of rotatable bonds is 7. The van der Waals surface area contributed by atoms with Gasteiger partial charge in [-0.3, -0.25) is 4.79 Å².